The highest BCUT2D eigenvalue weighted by Gasteiger charge is 2.35. The second-order valence-corrected chi connectivity index (χ2v) is 13.1. The van der Waals surface area contributed by atoms with Gasteiger partial charge in [-0.3, -0.25) is 4.79 Å². The molecule has 0 saturated carbocycles. The lowest BCUT2D eigenvalue weighted by atomic mass is 9.69. The molecular weight excluding hydrogens is 627 g/mol. The summed E-state index contributed by atoms with van der Waals surface area (Å²) >= 11 is 12.1. The van der Waals surface area contributed by atoms with Crippen LogP contribution in [0.5, 0.6) is 17.2 Å². The maximum atomic E-state index is 13.9. The Labute approximate surface area is 278 Å². The summed E-state index contributed by atoms with van der Waals surface area (Å²) in [5.41, 5.74) is 4.68. The van der Waals surface area contributed by atoms with Crippen LogP contribution in [0.2, 0.25) is 10.0 Å². The molecule has 1 aliphatic carbocycles. The van der Waals surface area contributed by atoms with E-state index in [2.05, 4.69) is 32.2 Å². The second kappa shape index (κ2) is 13.6. The molecule has 1 atom stereocenters. The number of methoxy groups -OCH3 is 3. The van der Waals surface area contributed by atoms with Crippen molar-refractivity contribution in [1.29, 1.82) is 0 Å². The van der Waals surface area contributed by atoms with E-state index in [0.29, 0.717) is 55.9 Å². The van der Waals surface area contributed by atoms with Crippen molar-refractivity contribution in [2.45, 2.75) is 33.6 Å². The number of carbonyl (C=O) groups excluding carboxylic acids is 2. The highest BCUT2D eigenvalue weighted by molar-refractivity contribution is 6.35. The summed E-state index contributed by atoms with van der Waals surface area (Å²) in [6, 6.07) is 15.9. The van der Waals surface area contributed by atoms with Crippen LogP contribution >= 0.6 is 23.2 Å². The average molecular weight is 664 g/mol. The van der Waals surface area contributed by atoms with Crippen LogP contribution in [0, 0.1) is 11.3 Å². The van der Waals surface area contributed by atoms with E-state index >= 15 is 0 Å². The third-order valence-electron chi connectivity index (χ3n) is 8.15. The van der Waals surface area contributed by atoms with E-state index < -0.39 is 18.5 Å². The van der Waals surface area contributed by atoms with E-state index in [4.69, 9.17) is 47.1 Å². The number of ether oxygens (including phenoxy) is 4. The van der Waals surface area contributed by atoms with Crippen molar-refractivity contribution < 1.29 is 28.5 Å². The molecule has 0 bridgehead atoms. The van der Waals surface area contributed by atoms with Crippen LogP contribution in [0.3, 0.4) is 0 Å². The standard InChI is InChI=1S/C36H36Cl2N2O6/c1-36(2,3)22-14-21(11-20-12-29(43-4)34(45-6)30(13-20)44-5)33-27(15-22)32(26-9-7-8-10-28(26)40-33)35(42)46-19-31(41)39-25-17-23(37)16-24(38)18-25/h7-13,16-18,22H,14-15,19H2,1-6H3,(H,39,41)/b21-11-/t22-/m0/s1. The Bertz CT molecular complexity index is 1800. The number of hydrogen-bond donors (Lipinski definition) is 1. The van der Waals surface area contributed by atoms with Crippen LogP contribution in [0.4, 0.5) is 5.69 Å². The van der Waals surface area contributed by atoms with Gasteiger partial charge >= 0.3 is 5.97 Å². The Morgan fingerprint density at radius 3 is 2.20 bits per heavy atom. The number of esters is 1. The van der Waals surface area contributed by atoms with Crippen molar-refractivity contribution >= 4 is 63.3 Å². The summed E-state index contributed by atoms with van der Waals surface area (Å²) in [7, 11) is 4.72. The first-order chi connectivity index (χ1) is 21.9. The van der Waals surface area contributed by atoms with Gasteiger partial charge in [0.1, 0.15) is 0 Å². The largest absolute Gasteiger partial charge is 0.493 e. The molecule has 0 spiro atoms. The Balaban J connectivity index is 1.58. The van der Waals surface area contributed by atoms with Gasteiger partial charge in [-0.1, -0.05) is 62.2 Å². The summed E-state index contributed by atoms with van der Waals surface area (Å²) in [5.74, 6) is 0.627. The minimum absolute atomic E-state index is 0.0863. The summed E-state index contributed by atoms with van der Waals surface area (Å²) in [5, 5.41) is 4.09. The quantitative estimate of drug-likeness (QED) is 0.189. The zero-order valence-electron chi connectivity index (χ0n) is 26.6. The normalized spacial score (nSPS) is 15.3. The summed E-state index contributed by atoms with van der Waals surface area (Å²) in [6.45, 7) is 6.08. The number of allylic oxidation sites excluding steroid dienone is 1. The summed E-state index contributed by atoms with van der Waals surface area (Å²) < 4.78 is 22.4. The highest BCUT2D eigenvalue weighted by Crippen LogP contribution is 2.46. The molecule has 8 nitrogen and oxygen atoms in total. The number of para-hydroxylation sites is 1. The van der Waals surface area contributed by atoms with Gasteiger partial charge in [0.25, 0.3) is 5.91 Å². The monoisotopic (exact) mass is 662 g/mol. The Morgan fingerprint density at radius 2 is 1.59 bits per heavy atom. The number of halogens is 2. The number of anilines is 1. The summed E-state index contributed by atoms with van der Waals surface area (Å²) in [4.78, 5) is 31.8. The minimum Gasteiger partial charge on any atom is -0.493 e. The molecule has 0 radical (unpaired) electrons. The molecule has 5 rings (SSSR count). The van der Waals surface area contributed by atoms with Gasteiger partial charge in [-0.25, -0.2) is 9.78 Å². The van der Waals surface area contributed by atoms with Crippen molar-refractivity contribution in [2.75, 3.05) is 33.3 Å². The molecule has 1 aromatic heterocycles. The minimum atomic E-state index is -0.601. The van der Waals surface area contributed by atoms with Crippen LogP contribution in [0.1, 0.15) is 54.4 Å². The number of benzene rings is 3. The van der Waals surface area contributed by atoms with Crippen molar-refractivity contribution in [3.05, 3.63) is 87.0 Å². The van der Waals surface area contributed by atoms with Gasteiger partial charge in [0.15, 0.2) is 18.1 Å². The first-order valence-corrected chi connectivity index (χ1v) is 15.5. The molecule has 46 heavy (non-hydrogen) atoms. The number of pyridine rings is 1. The van der Waals surface area contributed by atoms with E-state index in [1.807, 2.05) is 36.4 Å². The van der Waals surface area contributed by atoms with Gasteiger partial charge in [0.2, 0.25) is 5.75 Å². The highest BCUT2D eigenvalue weighted by atomic mass is 35.5. The molecule has 1 N–H and O–H groups in total. The molecule has 0 unspecified atom stereocenters. The number of rotatable bonds is 8. The van der Waals surface area contributed by atoms with Crippen LogP contribution in [0.15, 0.2) is 54.6 Å². The Hall–Kier alpha value is -4.27. The molecule has 1 amide bonds. The fourth-order valence-corrected chi connectivity index (χ4v) is 6.31. The zero-order valence-corrected chi connectivity index (χ0v) is 28.1. The lowest BCUT2D eigenvalue weighted by Crippen LogP contribution is -2.29. The molecule has 0 fully saturated rings. The number of aromatic nitrogens is 1. The average Bonchev–Trinajstić information content (AvgIpc) is 3.01. The van der Waals surface area contributed by atoms with E-state index in [1.165, 1.54) is 0 Å². The van der Waals surface area contributed by atoms with Gasteiger partial charge < -0.3 is 24.3 Å². The predicted molar refractivity (Wildman–Crippen MR) is 182 cm³/mol. The van der Waals surface area contributed by atoms with E-state index in [-0.39, 0.29) is 11.3 Å². The number of carbonyl (C=O) groups is 2. The molecule has 1 aliphatic rings. The SMILES string of the molecule is COc1cc(/C=C2/C[C@H](C(C)(C)C)Cc3c2nc2ccccc2c3C(=O)OCC(=O)Nc2cc(Cl)cc(Cl)c2)cc(OC)c1OC. The molecule has 10 heteroatoms. The van der Waals surface area contributed by atoms with Crippen molar-refractivity contribution in [3.8, 4) is 17.2 Å². The van der Waals surface area contributed by atoms with Gasteiger partial charge in [-0.2, -0.15) is 0 Å². The predicted octanol–water partition coefficient (Wildman–Crippen LogP) is 8.51. The van der Waals surface area contributed by atoms with Crippen LogP contribution in [-0.2, 0) is 16.0 Å². The van der Waals surface area contributed by atoms with Crippen LogP contribution in [0.25, 0.3) is 22.6 Å². The summed E-state index contributed by atoms with van der Waals surface area (Å²) in [6.07, 6.45) is 3.40. The number of fused-ring (bicyclic) bond motifs is 2. The maximum Gasteiger partial charge on any atom is 0.339 e. The smallest absolute Gasteiger partial charge is 0.339 e. The topological polar surface area (TPSA) is 96.0 Å². The molecule has 240 valence electrons. The van der Waals surface area contributed by atoms with Gasteiger partial charge in [-0.15, -0.1) is 0 Å². The van der Waals surface area contributed by atoms with E-state index in [0.717, 1.165) is 28.8 Å². The lowest BCUT2D eigenvalue weighted by molar-refractivity contribution is -0.119. The van der Waals surface area contributed by atoms with E-state index in [9.17, 15) is 9.59 Å². The molecule has 0 aliphatic heterocycles. The fourth-order valence-electron chi connectivity index (χ4n) is 5.78. The van der Waals surface area contributed by atoms with Crippen LogP contribution < -0.4 is 19.5 Å². The molecule has 3 aromatic carbocycles. The van der Waals surface area contributed by atoms with Crippen molar-refractivity contribution in [1.82, 2.24) is 4.98 Å². The molecule has 1 heterocycles. The molecular formula is C36H36Cl2N2O6. The zero-order chi connectivity index (χ0) is 33.2. The van der Waals surface area contributed by atoms with Gasteiger partial charge in [0.05, 0.1) is 38.1 Å². The number of nitrogens with zero attached hydrogens (tertiary/aromatic N) is 1. The first kappa shape index (κ1) is 33.1. The van der Waals surface area contributed by atoms with Crippen molar-refractivity contribution in [2.24, 2.45) is 11.3 Å². The molecule has 4 aromatic rings. The Morgan fingerprint density at radius 1 is 0.935 bits per heavy atom. The van der Waals surface area contributed by atoms with E-state index in [1.54, 1.807) is 39.5 Å². The van der Waals surface area contributed by atoms with Gasteiger partial charge in [-0.05, 0) is 83.3 Å². The molecule has 0 saturated heterocycles. The number of nitrogens with one attached hydrogen (secondary N) is 1. The third kappa shape index (κ3) is 7.08. The first-order valence-electron chi connectivity index (χ1n) is 14.8. The third-order valence-corrected chi connectivity index (χ3v) is 8.59. The number of hydrogen-bond acceptors (Lipinski definition) is 7. The van der Waals surface area contributed by atoms with Crippen LogP contribution in [-0.4, -0.2) is 44.8 Å². The lowest BCUT2D eigenvalue weighted by Gasteiger charge is -2.36. The Kier molecular flexibility index (Phi) is 9.79. The van der Waals surface area contributed by atoms with Crippen molar-refractivity contribution in [3.63, 3.8) is 0 Å². The maximum absolute atomic E-state index is 13.9. The number of amides is 1. The van der Waals surface area contributed by atoms with Gasteiger partial charge in [0, 0.05) is 21.1 Å². The fraction of sp³-hybridized carbons (Fsp3) is 0.306. The second-order valence-electron chi connectivity index (χ2n) is 12.2.